The Bertz CT molecular complexity index is 723. The van der Waals surface area contributed by atoms with Gasteiger partial charge in [0.05, 0.1) is 17.8 Å². The van der Waals surface area contributed by atoms with Crippen LogP contribution in [0.15, 0.2) is 24.3 Å². The highest BCUT2D eigenvalue weighted by Crippen LogP contribution is 2.34. The molecule has 2 amide bonds. The van der Waals surface area contributed by atoms with Crippen molar-refractivity contribution in [3.8, 4) is 0 Å². The molecule has 2 rings (SSSR count). The summed E-state index contributed by atoms with van der Waals surface area (Å²) < 4.78 is 44.1. The number of hydrogen-bond donors (Lipinski definition) is 2. The minimum absolute atomic E-state index is 0.116. The summed E-state index contributed by atoms with van der Waals surface area (Å²) in [5, 5.41) is 11.1. The van der Waals surface area contributed by atoms with Crippen LogP contribution in [0.1, 0.15) is 25.3 Å². The van der Waals surface area contributed by atoms with Crippen molar-refractivity contribution in [3.63, 3.8) is 0 Å². The summed E-state index contributed by atoms with van der Waals surface area (Å²) in [6, 6.07) is 4.52. The van der Waals surface area contributed by atoms with E-state index in [1.807, 2.05) is 0 Å². The summed E-state index contributed by atoms with van der Waals surface area (Å²) in [4.78, 5) is 36.6. The number of carboxylic acid groups (broad SMARTS) is 1. The average molecular weight is 388 g/mol. The SMILES string of the molecule is CCN(CC(=O)Nc1ccccc1C(F)(F)F)C(=O)[C@@H]1CC[C@H](C(=O)O)O1. The molecule has 1 heterocycles. The maximum Gasteiger partial charge on any atom is 0.418 e. The van der Waals surface area contributed by atoms with Gasteiger partial charge >= 0.3 is 12.1 Å². The van der Waals surface area contributed by atoms with Gasteiger partial charge < -0.3 is 20.1 Å². The van der Waals surface area contributed by atoms with Crippen LogP contribution >= 0.6 is 0 Å². The molecule has 7 nitrogen and oxygen atoms in total. The first kappa shape index (κ1) is 20.7. The van der Waals surface area contributed by atoms with E-state index in [2.05, 4.69) is 5.32 Å². The van der Waals surface area contributed by atoms with E-state index in [1.54, 1.807) is 6.92 Å². The van der Waals surface area contributed by atoms with E-state index < -0.39 is 54.0 Å². The van der Waals surface area contributed by atoms with Gasteiger partial charge in [-0.15, -0.1) is 0 Å². The predicted octanol–water partition coefficient (Wildman–Crippen LogP) is 2.12. The summed E-state index contributed by atoms with van der Waals surface area (Å²) in [6.45, 7) is 1.24. The van der Waals surface area contributed by atoms with Crippen molar-refractivity contribution in [2.24, 2.45) is 0 Å². The Balaban J connectivity index is 2.02. The summed E-state index contributed by atoms with van der Waals surface area (Å²) in [5.41, 5.74) is -1.39. The minimum atomic E-state index is -4.63. The van der Waals surface area contributed by atoms with Crippen molar-refractivity contribution in [2.75, 3.05) is 18.4 Å². The molecule has 1 aliphatic rings. The Hall–Kier alpha value is -2.62. The molecule has 10 heteroatoms. The predicted molar refractivity (Wildman–Crippen MR) is 87.9 cm³/mol. The zero-order chi connectivity index (χ0) is 20.2. The molecule has 0 spiro atoms. The number of likely N-dealkylation sites (N-methyl/N-ethyl adjacent to an activating group) is 1. The highest BCUT2D eigenvalue weighted by molar-refractivity contribution is 5.96. The normalized spacial score (nSPS) is 19.6. The lowest BCUT2D eigenvalue weighted by molar-refractivity contribution is -0.155. The fourth-order valence-corrected chi connectivity index (χ4v) is 2.75. The molecule has 1 saturated heterocycles. The number of hydrogen-bond acceptors (Lipinski definition) is 4. The largest absolute Gasteiger partial charge is 0.479 e. The van der Waals surface area contributed by atoms with Gasteiger partial charge in [0.2, 0.25) is 5.91 Å². The standard InChI is InChI=1S/C17H19F3N2O5/c1-2-22(15(24)12-7-8-13(27-12)16(25)26)9-14(23)21-11-6-4-3-5-10(11)17(18,19)20/h3-6,12-13H,2,7-9H2,1H3,(H,21,23)(H,25,26)/t12-,13+/m0/s1. The minimum Gasteiger partial charge on any atom is -0.479 e. The zero-order valence-electron chi connectivity index (χ0n) is 14.5. The first-order valence-electron chi connectivity index (χ1n) is 8.26. The molecule has 0 radical (unpaired) electrons. The number of benzene rings is 1. The number of nitrogens with one attached hydrogen (secondary N) is 1. The zero-order valence-corrected chi connectivity index (χ0v) is 14.5. The molecule has 2 N–H and O–H groups in total. The van der Waals surface area contributed by atoms with Gasteiger partial charge in [0.25, 0.3) is 5.91 Å². The number of halogens is 3. The fourth-order valence-electron chi connectivity index (χ4n) is 2.75. The van der Waals surface area contributed by atoms with Crippen molar-refractivity contribution in [2.45, 2.75) is 38.1 Å². The van der Waals surface area contributed by atoms with Crippen LogP contribution in [0.3, 0.4) is 0 Å². The number of para-hydroxylation sites is 1. The van der Waals surface area contributed by atoms with Crippen molar-refractivity contribution in [1.29, 1.82) is 0 Å². The third-order valence-electron chi connectivity index (χ3n) is 4.10. The third kappa shape index (κ3) is 5.19. The van der Waals surface area contributed by atoms with E-state index >= 15 is 0 Å². The molecule has 1 fully saturated rings. The molecule has 0 bridgehead atoms. The summed E-state index contributed by atoms with van der Waals surface area (Å²) in [6.07, 6.45) is -6.32. The highest BCUT2D eigenvalue weighted by Gasteiger charge is 2.37. The van der Waals surface area contributed by atoms with E-state index in [-0.39, 0.29) is 19.4 Å². The van der Waals surface area contributed by atoms with Crippen LogP contribution in [0.25, 0.3) is 0 Å². The second-order valence-electron chi connectivity index (χ2n) is 5.97. The van der Waals surface area contributed by atoms with Crippen LogP contribution in [0.5, 0.6) is 0 Å². The van der Waals surface area contributed by atoms with Crippen LogP contribution in [0.2, 0.25) is 0 Å². The van der Waals surface area contributed by atoms with Crippen molar-refractivity contribution in [1.82, 2.24) is 4.90 Å². The van der Waals surface area contributed by atoms with Gasteiger partial charge in [0.1, 0.15) is 6.10 Å². The Morgan fingerprint density at radius 1 is 1.22 bits per heavy atom. The Labute approximate surface area is 153 Å². The maximum atomic E-state index is 13.0. The number of nitrogens with zero attached hydrogens (tertiary/aromatic N) is 1. The number of rotatable bonds is 6. The average Bonchev–Trinajstić information content (AvgIpc) is 3.09. The Morgan fingerprint density at radius 3 is 2.41 bits per heavy atom. The number of amides is 2. The molecule has 1 aromatic rings. The lowest BCUT2D eigenvalue weighted by Gasteiger charge is -2.24. The lowest BCUT2D eigenvalue weighted by Crippen LogP contribution is -2.43. The van der Waals surface area contributed by atoms with Gasteiger partial charge in [-0.25, -0.2) is 4.79 Å². The Kier molecular flexibility index (Phi) is 6.42. The van der Waals surface area contributed by atoms with Gasteiger partial charge in [-0.3, -0.25) is 9.59 Å². The van der Waals surface area contributed by atoms with E-state index in [9.17, 15) is 27.6 Å². The quantitative estimate of drug-likeness (QED) is 0.778. The van der Waals surface area contributed by atoms with Gasteiger partial charge in [0, 0.05) is 6.54 Å². The number of aliphatic carboxylic acids is 1. The smallest absolute Gasteiger partial charge is 0.418 e. The molecule has 0 unspecified atom stereocenters. The second-order valence-corrected chi connectivity index (χ2v) is 5.97. The van der Waals surface area contributed by atoms with E-state index in [1.165, 1.54) is 12.1 Å². The number of anilines is 1. The van der Waals surface area contributed by atoms with Gasteiger partial charge in [-0.1, -0.05) is 12.1 Å². The van der Waals surface area contributed by atoms with Crippen LogP contribution in [-0.4, -0.2) is 53.1 Å². The molecule has 2 atom stereocenters. The van der Waals surface area contributed by atoms with Gasteiger partial charge in [-0.2, -0.15) is 13.2 Å². The molecular formula is C17H19F3N2O5. The van der Waals surface area contributed by atoms with Crippen LogP contribution < -0.4 is 5.32 Å². The molecule has 0 aromatic heterocycles. The fraction of sp³-hybridized carbons (Fsp3) is 0.471. The highest BCUT2D eigenvalue weighted by atomic mass is 19.4. The van der Waals surface area contributed by atoms with Crippen LogP contribution in [0, 0.1) is 0 Å². The number of carbonyl (C=O) groups excluding carboxylic acids is 2. The molecule has 1 aromatic carbocycles. The van der Waals surface area contributed by atoms with E-state index in [4.69, 9.17) is 9.84 Å². The van der Waals surface area contributed by atoms with Crippen molar-refractivity contribution < 1.29 is 37.4 Å². The van der Waals surface area contributed by atoms with Crippen LogP contribution in [0.4, 0.5) is 18.9 Å². The molecule has 148 valence electrons. The lowest BCUT2D eigenvalue weighted by atomic mass is 10.1. The monoisotopic (exact) mass is 388 g/mol. The number of carbonyl (C=O) groups is 3. The maximum absolute atomic E-state index is 13.0. The van der Waals surface area contributed by atoms with E-state index in [0.29, 0.717) is 0 Å². The summed E-state index contributed by atoms with van der Waals surface area (Å²) in [7, 11) is 0. The van der Waals surface area contributed by atoms with Crippen LogP contribution in [-0.2, 0) is 25.3 Å². The summed E-state index contributed by atoms with van der Waals surface area (Å²) >= 11 is 0. The second kappa shape index (κ2) is 8.38. The molecule has 27 heavy (non-hydrogen) atoms. The molecule has 1 aliphatic heterocycles. The number of alkyl halides is 3. The first-order chi connectivity index (χ1) is 12.6. The topological polar surface area (TPSA) is 95.9 Å². The third-order valence-corrected chi connectivity index (χ3v) is 4.10. The van der Waals surface area contributed by atoms with Crippen molar-refractivity contribution in [3.05, 3.63) is 29.8 Å². The molecule has 0 aliphatic carbocycles. The molecule has 0 saturated carbocycles. The van der Waals surface area contributed by atoms with Gasteiger partial charge in [0.15, 0.2) is 6.10 Å². The number of ether oxygens (including phenoxy) is 1. The van der Waals surface area contributed by atoms with E-state index in [0.717, 1.165) is 17.0 Å². The van der Waals surface area contributed by atoms with Crippen molar-refractivity contribution >= 4 is 23.5 Å². The number of carboxylic acids is 1. The van der Waals surface area contributed by atoms with Gasteiger partial charge in [-0.05, 0) is 31.9 Å². The summed E-state index contributed by atoms with van der Waals surface area (Å²) in [5.74, 6) is -2.54. The first-order valence-corrected chi connectivity index (χ1v) is 8.26. The Morgan fingerprint density at radius 2 is 1.85 bits per heavy atom. The molecular weight excluding hydrogens is 369 g/mol.